The van der Waals surface area contributed by atoms with Gasteiger partial charge in [0.25, 0.3) is 0 Å². The lowest BCUT2D eigenvalue weighted by atomic mass is 10.1. The third kappa shape index (κ3) is 2.04. The van der Waals surface area contributed by atoms with Crippen molar-refractivity contribution in [2.45, 2.75) is 19.9 Å². The SMILES string of the molecule is CNC(C)c1oc2c(Cl)cc(Cl)c(Cl)c2c1C. The van der Waals surface area contributed by atoms with Crippen LogP contribution >= 0.6 is 34.8 Å². The normalized spacial score (nSPS) is 13.3. The standard InChI is InChI=1S/C12H12Cl3NO/c1-5-9-10(15)7(13)4-8(14)12(9)17-11(5)6(2)16-3/h4,6,16H,1-3H3. The number of hydrogen-bond acceptors (Lipinski definition) is 2. The third-order valence-electron chi connectivity index (χ3n) is 2.91. The lowest BCUT2D eigenvalue weighted by Crippen LogP contribution is -2.12. The smallest absolute Gasteiger partial charge is 0.154 e. The number of rotatable bonds is 2. The molecule has 0 aliphatic carbocycles. The molecule has 0 fully saturated rings. The summed E-state index contributed by atoms with van der Waals surface area (Å²) in [5.41, 5.74) is 1.56. The molecule has 1 N–H and O–H groups in total. The van der Waals surface area contributed by atoms with Crippen molar-refractivity contribution in [3.05, 3.63) is 32.5 Å². The molecule has 1 unspecified atom stereocenters. The lowest BCUT2D eigenvalue weighted by Gasteiger charge is -2.07. The fourth-order valence-electron chi connectivity index (χ4n) is 1.87. The van der Waals surface area contributed by atoms with Gasteiger partial charge in [0.05, 0.1) is 21.1 Å². The van der Waals surface area contributed by atoms with Gasteiger partial charge in [-0.2, -0.15) is 0 Å². The Bertz CT molecular complexity index is 577. The van der Waals surface area contributed by atoms with Gasteiger partial charge in [0, 0.05) is 10.9 Å². The van der Waals surface area contributed by atoms with Crippen LogP contribution in [-0.4, -0.2) is 7.05 Å². The van der Waals surface area contributed by atoms with Crippen molar-refractivity contribution >= 4 is 45.8 Å². The van der Waals surface area contributed by atoms with Gasteiger partial charge in [0.2, 0.25) is 0 Å². The molecule has 0 saturated heterocycles. The monoisotopic (exact) mass is 291 g/mol. The van der Waals surface area contributed by atoms with E-state index < -0.39 is 0 Å². The summed E-state index contributed by atoms with van der Waals surface area (Å²) < 4.78 is 5.78. The summed E-state index contributed by atoms with van der Waals surface area (Å²) in [4.78, 5) is 0. The summed E-state index contributed by atoms with van der Waals surface area (Å²) in [7, 11) is 1.87. The molecule has 1 heterocycles. The first-order chi connectivity index (χ1) is 7.97. The number of nitrogens with one attached hydrogen (secondary N) is 1. The molecule has 1 aromatic heterocycles. The van der Waals surface area contributed by atoms with E-state index in [1.807, 2.05) is 20.9 Å². The van der Waals surface area contributed by atoms with Gasteiger partial charge in [0.15, 0.2) is 5.58 Å². The van der Waals surface area contributed by atoms with Crippen molar-refractivity contribution in [1.29, 1.82) is 0 Å². The molecular formula is C12H12Cl3NO. The number of fused-ring (bicyclic) bond motifs is 1. The van der Waals surface area contributed by atoms with Crippen molar-refractivity contribution < 1.29 is 4.42 Å². The van der Waals surface area contributed by atoms with E-state index in [0.29, 0.717) is 20.7 Å². The van der Waals surface area contributed by atoms with Crippen LogP contribution in [0.15, 0.2) is 10.5 Å². The predicted octanol–water partition coefficient (Wildman–Crippen LogP) is 4.98. The predicted molar refractivity (Wildman–Crippen MR) is 73.5 cm³/mol. The summed E-state index contributed by atoms with van der Waals surface area (Å²) in [6.45, 7) is 3.96. The zero-order valence-electron chi connectivity index (χ0n) is 9.70. The minimum Gasteiger partial charge on any atom is -0.457 e. The van der Waals surface area contributed by atoms with E-state index in [4.69, 9.17) is 39.2 Å². The number of benzene rings is 1. The van der Waals surface area contributed by atoms with E-state index in [0.717, 1.165) is 16.7 Å². The average molecular weight is 293 g/mol. The maximum Gasteiger partial charge on any atom is 0.154 e. The highest BCUT2D eigenvalue weighted by atomic mass is 35.5. The molecule has 0 aliphatic rings. The maximum absolute atomic E-state index is 6.19. The Morgan fingerprint density at radius 2 is 1.88 bits per heavy atom. The van der Waals surface area contributed by atoms with Gasteiger partial charge in [-0.3, -0.25) is 0 Å². The van der Waals surface area contributed by atoms with Gasteiger partial charge in [0.1, 0.15) is 5.76 Å². The van der Waals surface area contributed by atoms with Crippen LogP contribution in [0, 0.1) is 6.92 Å². The molecule has 0 spiro atoms. The molecule has 2 aromatic rings. The number of halogens is 3. The van der Waals surface area contributed by atoms with E-state index in [-0.39, 0.29) is 6.04 Å². The van der Waals surface area contributed by atoms with Crippen LogP contribution in [-0.2, 0) is 0 Å². The molecule has 92 valence electrons. The van der Waals surface area contributed by atoms with Crippen LogP contribution in [0.5, 0.6) is 0 Å². The first-order valence-electron chi connectivity index (χ1n) is 5.21. The molecule has 2 rings (SSSR count). The lowest BCUT2D eigenvalue weighted by molar-refractivity contribution is 0.471. The summed E-state index contributed by atoms with van der Waals surface area (Å²) in [5.74, 6) is 0.827. The quantitative estimate of drug-likeness (QED) is 0.790. The fraction of sp³-hybridized carbons (Fsp3) is 0.333. The van der Waals surface area contributed by atoms with Gasteiger partial charge >= 0.3 is 0 Å². The van der Waals surface area contributed by atoms with Crippen LogP contribution in [0.2, 0.25) is 15.1 Å². The van der Waals surface area contributed by atoms with Crippen LogP contribution in [0.1, 0.15) is 24.3 Å². The van der Waals surface area contributed by atoms with Crippen molar-refractivity contribution in [3.63, 3.8) is 0 Å². The molecular weight excluding hydrogens is 280 g/mol. The van der Waals surface area contributed by atoms with E-state index in [1.165, 1.54) is 0 Å². The highest BCUT2D eigenvalue weighted by molar-refractivity contribution is 6.47. The third-order valence-corrected chi connectivity index (χ3v) is 3.98. The Hall–Kier alpha value is -0.410. The van der Waals surface area contributed by atoms with Crippen LogP contribution in [0.4, 0.5) is 0 Å². The summed E-state index contributed by atoms with van der Waals surface area (Å²) in [6.07, 6.45) is 0. The Balaban J connectivity index is 2.82. The Labute approximate surface area is 115 Å². The number of furan rings is 1. The van der Waals surface area contributed by atoms with E-state index in [1.54, 1.807) is 6.07 Å². The second-order valence-electron chi connectivity index (χ2n) is 3.96. The van der Waals surface area contributed by atoms with E-state index >= 15 is 0 Å². The molecule has 17 heavy (non-hydrogen) atoms. The molecule has 0 saturated carbocycles. The molecule has 5 heteroatoms. The van der Waals surface area contributed by atoms with Crippen molar-refractivity contribution in [2.24, 2.45) is 0 Å². The molecule has 0 amide bonds. The van der Waals surface area contributed by atoms with Gasteiger partial charge < -0.3 is 9.73 Å². The minimum atomic E-state index is 0.0910. The topological polar surface area (TPSA) is 25.2 Å². The first-order valence-corrected chi connectivity index (χ1v) is 6.34. The molecule has 0 radical (unpaired) electrons. The minimum absolute atomic E-state index is 0.0910. The van der Waals surface area contributed by atoms with Gasteiger partial charge in [-0.15, -0.1) is 0 Å². The zero-order chi connectivity index (χ0) is 12.7. The number of aryl methyl sites for hydroxylation is 1. The first kappa shape index (κ1) is 13.0. The van der Waals surface area contributed by atoms with Gasteiger partial charge in [-0.25, -0.2) is 0 Å². The van der Waals surface area contributed by atoms with Crippen LogP contribution in [0.25, 0.3) is 11.0 Å². The average Bonchev–Trinajstić information content (AvgIpc) is 2.64. The van der Waals surface area contributed by atoms with Crippen molar-refractivity contribution in [1.82, 2.24) is 5.32 Å². The summed E-state index contributed by atoms with van der Waals surface area (Å²) in [5, 5.41) is 5.32. The van der Waals surface area contributed by atoms with Crippen LogP contribution < -0.4 is 5.32 Å². The summed E-state index contributed by atoms with van der Waals surface area (Å²) in [6, 6.07) is 1.69. The molecule has 1 atom stereocenters. The molecule has 1 aromatic carbocycles. The molecule has 0 bridgehead atoms. The van der Waals surface area contributed by atoms with E-state index in [2.05, 4.69) is 5.32 Å². The fourth-order valence-corrected chi connectivity index (χ4v) is 2.65. The van der Waals surface area contributed by atoms with Crippen LogP contribution in [0.3, 0.4) is 0 Å². The Kier molecular flexibility index (Phi) is 3.60. The highest BCUT2D eigenvalue weighted by Crippen LogP contribution is 2.41. The Morgan fingerprint density at radius 3 is 2.47 bits per heavy atom. The van der Waals surface area contributed by atoms with Crippen molar-refractivity contribution in [3.8, 4) is 0 Å². The maximum atomic E-state index is 6.19. The highest BCUT2D eigenvalue weighted by Gasteiger charge is 2.20. The van der Waals surface area contributed by atoms with Gasteiger partial charge in [-0.05, 0) is 27.0 Å². The summed E-state index contributed by atoms with van der Waals surface area (Å²) >= 11 is 18.3. The number of hydrogen-bond donors (Lipinski definition) is 1. The second-order valence-corrected chi connectivity index (χ2v) is 5.15. The Morgan fingerprint density at radius 1 is 1.24 bits per heavy atom. The molecule has 0 aliphatic heterocycles. The second kappa shape index (κ2) is 4.69. The molecule has 2 nitrogen and oxygen atoms in total. The van der Waals surface area contributed by atoms with Gasteiger partial charge in [-0.1, -0.05) is 34.8 Å². The van der Waals surface area contributed by atoms with E-state index in [9.17, 15) is 0 Å². The van der Waals surface area contributed by atoms with Crippen molar-refractivity contribution in [2.75, 3.05) is 7.05 Å². The largest absolute Gasteiger partial charge is 0.457 e. The zero-order valence-corrected chi connectivity index (χ0v) is 12.0.